The lowest BCUT2D eigenvalue weighted by Gasteiger charge is -2.35. The van der Waals surface area contributed by atoms with Crippen LogP contribution in [0.5, 0.6) is 11.5 Å². The van der Waals surface area contributed by atoms with Crippen LogP contribution in [-0.4, -0.2) is 44.4 Å². The molecule has 0 aromatic heterocycles. The molecule has 2 aliphatic heterocycles. The Morgan fingerprint density at radius 1 is 1.11 bits per heavy atom. The summed E-state index contributed by atoms with van der Waals surface area (Å²) in [6.45, 7) is 5.20. The Labute approximate surface area is 112 Å². The molecule has 0 radical (unpaired) electrons. The van der Waals surface area contributed by atoms with Crippen molar-refractivity contribution in [3.05, 3.63) is 18.2 Å². The van der Waals surface area contributed by atoms with Gasteiger partial charge in [-0.15, -0.1) is 0 Å². The van der Waals surface area contributed by atoms with E-state index in [0.29, 0.717) is 13.2 Å². The molecule has 0 aliphatic carbocycles. The maximum absolute atomic E-state index is 8.60. The second kappa shape index (κ2) is 5.37. The van der Waals surface area contributed by atoms with Crippen molar-refractivity contribution in [2.75, 3.05) is 44.4 Å². The predicted octanol–water partition coefficient (Wildman–Crippen LogP) is 1.45. The smallest absolute Gasteiger partial charge is 0.231 e. The third-order valence-electron chi connectivity index (χ3n) is 3.63. The number of hydrogen-bond acceptors (Lipinski definition) is 5. The van der Waals surface area contributed by atoms with Gasteiger partial charge in [-0.25, -0.2) is 0 Å². The van der Waals surface area contributed by atoms with Gasteiger partial charge < -0.3 is 14.4 Å². The number of nitriles is 1. The molecule has 0 bridgehead atoms. The number of nitrogens with zero attached hydrogens (tertiary/aromatic N) is 3. The predicted molar refractivity (Wildman–Crippen MR) is 71.4 cm³/mol. The summed E-state index contributed by atoms with van der Waals surface area (Å²) in [7, 11) is 0. The largest absolute Gasteiger partial charge is 0.454 e. The summed E-state index contributed by atoms with van der Waals surface area (Å²) in [5.41, 5.74) is 1.18. The topological polar surface area (TPSA) is 48.7 Å². The number of ether oxygens (including phenoxy) is 2. The zero-order chi connectivity index (χ0) is 13.1. The Balaban J connectivity index is 1.61. The van der Waals surface area contributed by atoms with E-state index in [1.54, 1.807) is 0 Å². The second-order valence-electron chi connectivity index (χ2n) is 4.77. The van der Waals surface area contributed by atoms with Gasteiger partial charge in [0, 0.05) is 50.9 Å². The van der Waals surface area contributed by atoms with Crippen LogP contribution in [0.25, 0.3) is 0 Å². The van der Waals surface area contributed by atoms with Crippen LogP contribution < -0.4 is 14.4 Å². The minimum absolute atomic E-state index is 0.320. The SMILES string of the molecule is N#CCCN1CCN(c2ccc3c(c2)OCO3)CC1. The van der Waals surface area contributed by atoms with Crippen molar-refractivity contribution in [1.82, 2.24) is 4.90 Å². The highest BCUT2D eigenvalue weighted by molar-refractivity contribution is 5.57. The Morgan fingerprint density at radius 2 is 1.89 bits per heavy atom. The fraction of sp³-hybridized carbons (Fsp3) is 0.500. The maximum atomic E-state index is 8.60. The highest BCUT2D eigenvalue weighted by Gasteiger charge is 2.19. The van der Waals surface area contributed by atoms with E-state index < -0.39 is 0 Å². The fourth-order valence-corrected chi connectivity index (χ4v) is 2.52. The first-order valence-electron chi connectivity index (χ1n) is 6.61. The first-order chi connectivity index (χ1) is 9.36. The van der Waals surface area contributed by atoms with Gasteiger partial charge in [-0.1, -0.05) is 0 Å². The minimum atomic E-state index is 0.320. The summed E-state index contributed by atoms with van der Waals surface area (Å²) in [5, 5.41) is 8.60. The molecule has 19 heavy (non-hydrogen) atoms. The van der Waals surface area contributed by atoms with E-state index in [4.69, 9.17) is 14.7 Å². The van der Waals surface area contributed by atoms with E-state index in [1.165, 1.54) is 5.69 Å². The molecule has 0 amide bonds. The van der Waals surface area contributed by atoms with E-state index in [-0.39, 0.29) is 0 Å². The second-order valence-corrected chi connectivity index (χ2v) is 4.77. The molecule has 3 rings (SSSR count). The molecule has 0 spiro atoms. The van der Waals surface area contributed by atoms with Gasteiger partial charge in [0.2, 0.25) is 6.79 Å². The molecular formula is C14H17N3O2. The third kappa shape index (κ3) is 2.59. The van der Waals surface area contributed by atoms with Gasteiger partial charge in [-0.05, 0) is 12.1 Å². The van der Waals surface area contributed by atoms with Crippen molar-refractivity contribution in [1.29, 1.82) is 5.26 Å². The maximum Gasteiger partial charge on any atom is 0.231 e. The third-order valence-corrected chi connectivity index (χ3v) is 3.63. The van der Waals surface area contributed by atoms with Crippen molar-refractivity contribution >= 4 is 5.69 Å². The lowest BCUT2D eigenvalue weighted by atomic mass is 10.2. The zero-order valence-corrected chi connectivity index (χ0v) is 10.8. The first-order valence-corrected chi connectivity index (χ1v) is 6.61. The van der Waals surface area contributed by atoms with Crippen molar-refractivity contribution in [2.24, 2.45) is 0 Å². The van der Waals surface area contributed by atoms with Crippen LogP contribution in [0.2, 0.25) is 0 Å². The minimum Gasteiger partial charge on any atom is -0.454 e. The van der Waals surface area contributed by atoms with Gasteiger partial charge in [-0.2, -0.15) is 5.26 Å². The standard InChI is InChI=1S/C14H17N3O2/c15-4-1-5-16-6-8-17(9-7-16)12-2-3-13-14(10-12)19-11-18-13/h2-3,10H,1,5-9,11H2. The monoisotopic (exact) mass is 259 g/mol. The molecule has 5 heteroatoms. The molecular weight excluding hydrogens is 242 g/mol. The Morgan fingerprint density at radius 3 is 2.68 bits per heavy atom. The van der Waals surface area contributed by atoms with Crippen LogP contribution in [-0.2, 0) is 0 Å². The molecule has 1 aromatic carbocycles. The van der Waals surface area contributed by atoms with Crippen LogP contribution in [0.1, 0.15) is 6.42 Å². The molecule has 100 valence electrons. The van der Waals surface area contributed by atoms with Crippen molar-refractivity contribution in [3.8, 4) is 17.6 Å². The van der Waals surface area contributed by atoms with Gasteiger partial charge in [0.25, 0.3) is 0 Å². The Bertz CT molecular complexity index is 490. The number of benzene rings is 1. The van der Waals surface area contributed by atoms with Crippen LogP contribution in [0, 0.1) is 11.3 Å². The van der Waals surface area contributed by atoms with Gasteiger partial charge in [0.05, 0.1) is 6.07 Å². The molecule has 0 unspecified atom stereocenters. The first kappa shape index (κ1) is 12.1. The van der Waals surface area contributed by atoms with E-state index >= 15 is 0 Å². The summed E-state index contributed by atoms with van der Waals surface area (Å²) >= 11 is 0. The quantitative estimate of drug-likeness (QED) is 0.822. The van der Waals surface area contributed by atoms with E-state index in [1.807, 2.05) is 12.1 Å². The molecule has 2 heterocycles. The highest BCUT2D eigenvalue weighted by atomic mass is 16.7. The highest BCUT2D eigenvalue weighted by Crippen LogP contribution is 2.35. The molecule has 5 nitrogen and oxygen atoms in total. The van der Waals surface area contributed by atoms with E-state index in [2.05, 4.69) is 21.9 Å². The number of rotatable bonds is 3. The van der Waals surface area contributed by atoms with Gasteiger partial charge in [-0.3, -0.25) is 4.90 Å². The van der Waals surface area contributed by atoms with Gasteiger partial charge >= 0.3 is 0 Å². The number of hydrogen-bond donors (Lipinski definition) is 0. The molecule has 0 atom stereocenters. The zero-order valence-electron chi connectivity index (χ0n) is 10.8. The number of piperazine rings is 1. The van der Waals surface area contributed by atoms with Crippen LogP contribution >= 0.6 is 0 Å². The molecule has 1 saturated heterocycles. The summed E-state index contributed by atoms with van der Waals surface area (Å²) in [6.07, 6.45) is 0.615. The molecule has 1 fully saturated rings. The van der Waals surface area contributed by atoms with E-state index in [9.17, 15) is 0 Å². The number of anilines is 1. The molecule has 0 N–H and O–H groups in total. The lowest BCUT2D eigenvalue weighted by molar-refractivity contribution is 0.174. The summed E-state index contributed by atoms with van der Waals surface area (Å²) in [5.74, 6) is 1.67. The summed E-state index contributed by atoms with van der Waals surface area (Å²) in [4.78, 5) is 4.69. The van der Waals surface area contributed by atoms with Crippen molar-refractivity contribution < 1.29 is 9.47 Å². The molecule has 1 aromatic rings. The number of fused-ring (bicyclic) bond motifs is 1. The summed E-state index contributed by atoms with van der Waals surface area (Å²) < 4.78 is 10.7. The van der Waals surface area contributed by atoms with Gasteiger partial charge in [0.1, 0.15) is 0 Å². The fourth-order valence-electron chi connectivity index (χ4n) is 2.52. The Hall–Kier alpha value is -1.93. The Kier molecular flexibility index (Phi) is 3.43. The average molecular weight is 259 g/mol. The normalized spacial score (nSPS) is 18.4. The molecule has 2 aliphatic rings. The summed E-state index contributed by atoms with van der Waals surface area (Å²) in [6, 6.07) is 8.30. The van der Waals surface area contributed by atoms with E-state index in [0.717, 1.165) is 44.2 Å². The average Bonchev–Trinajstić information content (AvgIpc) is 2.93. The van der Waals surface area contributed by atoms with Crippen LogP contribution in [0.15, 0.2) is 18.2 Å². The van der Waals surface area contributed by atoms with Crippen LogP contribution in [0.4, 0.5) is 5.69 Å². The van der Waals surface area contributed by atoms with Crippen molar-refractivity contribution in [2.45, 2.75) is 6.42 Å². The van der Waals surface area contributed by atoms with Crippen molar-refractivity contribution in [3.63, 3.8) is 0 Å². The molecule has 0 saturated carbocycles. The lowest BCUT2D eigenvalue weighted by Crippen LogP contribution is -2.46. The van der Waals surface area contributed by atoms with Crippen LogP contribution in [0.3, 0.4) is 0 Å². The van der Waals surface area contributed by atoms with Gasteiger partial charge in [0.15, 0.2) is 11.5 Å².